The maximum absolute atomic E-state index is 13.4. The second-order valence-electron chi connectivity index (χ2n) is 9.50. The Morgan fingerprint density at radius 2 is 1.74 bits per heavy atom. The topological polar surface area (TPSA) is 92.0 Å². The molecule has 0 aromatic heterocycles. The van der Waals surface area contributed by atoms with Crippen LogP contribution in [0.1, 0.15) is 44.1 Å². The minimum atomic E-state index is -0.225. The van der Waals surface area contributed by atoms with Gasteiger partial charge >= 0.3 is 0 Å². The Labute approximate surface area is 181 Å². The summed E-state index contributed by atoms with van der Waals surface area (Å²) in [6, 6.07) is 9.56. The number of imide groups is 1. The van der Waals surface area contributed by atoms with Crippen molar-refractivity contribution in [1.82, 2.24) is 4.90 Å². The third-order valence-electron chi connectivity index (χ3n) is 8.12. The van der Waals surface area contributed by atoms with Crippen molar-refractivity contribution in [3.8, 4) is 11.8 Å². The molecular formula is C24H25N3O4. The number of carbonyl (C=O) groups excluding carboxylic acids is 2. The number of oxime groups is 1. The van der Waals surface area contributed by atoms with E-state index >= 15 is 0 Å². The molecule has 31 heavy (non-hydrogen) atoms. The number of rotatable bonds is 4. The zero-order chi connectivity index (χ0) is 21.1. The quantitative estimate of drug-likeness (QED) is 0.700. The smallest absolute Gasteiger partial charge is 0.233 e. The number of ether oxygens (including phenoxy) is 1. The largest absolute Gasteiger partial charge is 0.479 e. The highest BCUT2D eigenvalue weighted by Crippen LogP contribution is 2.62. The van der Waals surface area contributed by atoms with E-state index in [9.17, 15) is 9.59 Å². The molecule has 2 amide bonds. The maximum atomic E-state index is 13.4. The fraction of sp³-hybridized carbons (Fsp3) is 0.583. The lowest BCUT2D eigenvalue weighted by atomic mass is 9.71. The predicted octanol–water partition coefficient (Wildman–Crippen LogP) is 2.89. The molecule has 0 unspecified atom stereocenters. The van der Waals surface area contributed by atoms with E-state index in [4.69, 9.17) is 14.8 Å². The van der Waals surface area contributed by atoms with E-state index in [1.165, 1.54) is 6.42 Å². The van der Waals surface area contributed by atoms with Crippen LogP contribution < -0.4 is 4.74 Å². The summed E-state index contributed by atoms with van der Waals surface area (Å²) in [6.07, 6.45) is 6.04. The van der Waals surface area contributed by atoms with Crippen molar-refractivity contribution in [2.24, 2.45) is 34.7 Å². The summed E-state index contributed by atoms with van der Waals surface area (Å²) in [5.41, 5.74) is 1.82. The van der Waals surface area contributed by atoms with Gasteiger partial charge in [-0.25, -0.2) is 0 Å². The molecule has 2 aliphatic heterocycles. The van der Waals surface area contributed by atoms with Gasteiger partial charge in [-0.2, -0.15) is 5.26 Å². The molecule has 5 aliphatic rings. The molecular weight excluding hydrogens is 394 g/mol. The van der Waals surface area contributed by atoms with Crippen LogP contribution in [0.4, 0.5) is 0 Å². The van der Waals surface area contributed by atoms with Crippen molar-refractivity contribution in [2.45, 2.75) is 50.7 Å². The van der Waals surface area contributed by atoms with Crippen LogP contribution in [0.5, 0.6) is 5.75 Å². The van der Waals surface area contributed by atoms with E-state index in [1.807, 2.05) is 30.3 Å². The standard InChI is InChI=1S/C24H25N3O4/c25-10-11-30-15-8-6-13(7-9-15)21-20-16-12-17(22(20)31-26-21)19-18(16)23(28)27(24(19)29)14-4-2-1-3-5-14/h6-9,14,16-20,22H,1-5,11-12H2/t16-,17+,18+,19-,20+,22+/m1/s1. The van der Waals surface area contributed by atoms with Crippen LogP contribution in [-0.4, -0.2) is 41.2 Å². The second kappa shape index (κ2) is 7.08. The van der Waals surface area contributed by atoms with Crippen LogP contribution in [-0.2, 0) is 14.4 Å². The summed E-state index contributed by atoms with van der Waals surface area (Å²) in [6.45, 7) is 0.00849. The van der Waals surface area contributed by atoms with Gasteiger partial charge in [-0.1, -0.05) is 24.4 Å². The Bertz CT molecular complexity index is 991. The Morgan fingerprint density at radius 3 is 2.45 bits per heavy atom. The molecule has 7 heteroatoms. The minimum Gasteiger partial charge on any atom is -0.479 e. The van der Waals surface area contributed by atoms with Gasteiger partial charge in [0.05, 0.1) is 17.5 Å². The summed E-state index contributed by atoms with van der Waals surface area (Å²) >= 11 is 0. The van der Waals surface area contributed by atoms with Crippen molar-refractivity contribution in [3.63, 3.8) is 0 Å². The van der Waals surface area contributed by atoms with E-state index in [0.29, 0.717) is 5.75 Å². The first-order valence-electron chi connectivity index (χ1n) is 11.4. The van der Waals surface area contributed by atoms with Gasteiger partial charge < -0.3 is 9.57 Å². The number of amides is 2. The number of fused-ring (bicyclic) bond motifs is 8. The number of carbonyl (C=O) groups is 2. The molecule has 1 aromatic rings. The van der Waals surface area contributed by atoms with Gasteiger partial charge in [-0.15, -0.1) is 0 Å². The molecule has 1 saturated heterocycles. The van der Waals surface area contributed by atoms with Crippen LogP contribution in [0, 0.1) is 40.9 Å². The first-order valence-corrected chi connectivity index (χ1v) is 11.4. The Hall–Kier alpha value is -2.88. The van der Waals surface area contributed by atoms with Crippen molar-refractivity contribution in [2.75, 3.05) is 6.61 Å². The van der Waals surface area contributed by atoms with Crippen LogP contribution in [0.2, 0.25) is 0 Å². The van der Waals surface area contributed by atoms with Gasteiger partial charge in [0.25, 0.3) is 0 Å². The average molecular weight is 419 g/mol. The molecule has 0 spiro atoms. The molecule has 2 bridgehead atoms. The molecule has 1 aromatic carbocycles. The lowest BCUT2D eigenvalue weighted by Gasteiger charge is -2.30. The van der Waals surface area contributed by atoms with E-state index in [2.05, 4.69) is 5.16 Å². The van der Waals surface area contributed by atoms with Gasteiger partial charge in [-0.05, 0) is 49.4 Å². The van der Waals surface area contributed by atoms with Gasteiger partial charge in [0.1, 0.15) is 17.9 Å². The number of hydrogen-bond acceptors (Lipinski definition) is 6. The Morgan fingerprint density at radius 1 is 1.03 bits per heavy atom. The molecule has 6 atom stereocenters. The molecule has 3 saturated carbocycles. The Kier molecular flexibility index (Phi) is 4.31. The van der Waals surface area contributed by atoms with Crippen molar-refractivity contribution in [1.29, 1.82) is 5.26 Å². The van der Waals surface area contributed by atoms with Crippen LogP contribution in [0.3, 0.4) is 0 Å². The van der Waals surface area contributed by atoms with Crippen molar-refractivity contribution < 1.29 is 19.2 Å². The van der Waals surface area contributed by atoms with Gasteiger partial charge in [0.15, 0.2) is 6.61 Å². The number of hydrogen-bond donors (Lipinski definition) is 0. The monoisotopic (exact) mass is 419 g/mol. The summed E-state index contributed by atoms with van der Waals surface area (Å²) in [7, 11) is 0. The van der Waals surface area contributed by atoms with Crippen molar-refractivity contribution >= 4 is 17.5 Å². The average Bonchev–Trinajstić information content (AvgIpc) is 3.53. The van der Waals surface area contributed by atoms with Crippen LogP contribution in [0.25, 0.3) is 0 Å². The van der Waals surface area contributed by atoms with Crippen LogP contribution >= 0.6 is 0 Å². The van der Waals surface area contributed by atoms with E-state index in [-0.39, 0.29) is 60.2 Å². The molecule has 160 valence electrons. The molecule has 0 N–H and O–H groups in total. The van der Waals surface area contributed by atoms with Crippen molar-refractivity contribution in [3.05, 3.63) is 29.8 Å². The van der Waals surface area contributed by atoms with E-state index < -0.39 is 0 Å². The van der Waals surface area contributed by atoms with E-state index in [1.54, 1.807) is 4.90 Å². The summed E-state index contributed by atoms with van der Waals surface area (Å²) in [4.78, 5) is 34.3. The third kappa shape index (κ3) is 2.67. The first kappa shape index (κ1) is 18.9. The number of benzene rings is 1. The molecule has 4 fully saturated rings. The summed E-state index contributed by atoms with van der Waals surface area (Å²) < 4.78 is 5.34. The van der Waals surface area contributed by atoms with Gasteiger partial charge in [0, 0.05) is 23.4 Å². The predicted molar refractivity (Wildman–Crippen MR) is 110 cm³/mol. The summed E-state index contributed by atoms with van der Waals surface area (Å²) in [5, 5.41) is 13.1. The first-order chi connectivity index (χ1) is 15.2. The lowest BCUT2D eigenvalue weighted by Crippen LogP contribution is -2.42. The van der Waals surface area contributed by atoms with Crippen LogP contribution in [0.15, 0.2) is 29.4 Å². The number of nitriles is 1. The zero-order valence-corrected chi connectivity index (χ0v) is 17.3. The molecule has 0 radical (unpaired) electrons. The fourth-order valence-electron chi connectivity index (χ4n) is 6.92. The highest BCUT2D eigenvalue weighted by molar-refractivity contribution is 6.09. The molecule has 2 heterocycles. The second-order valence-corrected chi connectivity index (χ2v) is 9.50. The fourth-order valence-corrected chi connectivity index (χ4v) is 6.92. The number of nitrogens with zero attached hydrogens (tertiary/aromatic N) is 3. The summed E-state index contributed by atoms with van der Waals surface area (Å²) in [5.74, 6) is 0.533. The zero-order valence-electron chi connectivity index (χ0n) is 17.3. The Balaban J connectivity index is 1.25. The lowest BCUT2D eigenvalue weighted by molar-refractivity contribution is -0.144. The van der Waals surface area contributed by atoms with E-state index in [0.717, 1.165) is 43.4 Å². The molecule has 7 nitrogen and oxygen atoms in total. The highest BCUT2D eigenvalue weighted by Gasteiger charge is 2.70. The minimum absolute atomic E-state index is 0.00849. The molecule has 6 rings (SSSR count). The highest BCUT2D eigenvalue weighted by atomic mass is 16.6. The van der Waals surface area contributed by atoms with Gasteiger partial charge in [-0.3, -0.25) is 14.5 Å². The normalized spacial score (nSPS) is 36.1. The molecule has 3 aliphatic carbocycles. The number of likely N-dealkylation sites (tertiary alicyclic amines) is 1. The maximum Gasteiger partial charge on any atom is 0.233 e. The van der Waals surface area contributed by atoms with Gasteiger partial charge in [0.2, 0.25) is 11.8 Å². The SMILES string of the molecule is N#CCOc1ccc(C2=NO[C@H]3[C@H]4C[C@@H]([C@@H]23)[C@@H]2C(=O)N(C3CCCCC3)C(=O)[C@H]42)cc1. The third-order valence-corrected chi connectivity index (χ3v) is 8.12.